The van der Waals surface area contributed by atoms with Crippen molar-refractivity contribution in [2.24, 2.45) is 0 Å². The molecule has 0 radical (unpaired) electrons. The standard InChI is InChI=1S/C41H53F3O6/c1-3-5-6-7-8-9-10-11-12-16-31-48-36-26-22-33(23-27-36)32-18-20-34(21-19-32)39(45)49-37-28-24-35(25-29-37)40(46)50-38(41(42,43)44)17-14-13-15-30-47-4-2/h18-29,38H,3-17,30-31H2,1-2H3/t38-/m1/s1. The number of unbranched alkanes of at least 4 members (excludes halogenated alkanes) is 11. The van der Waals surface area contributed by atoms with Gasteiger partial charge in [0.05, 0.1) is 17.7 Å². The molecule has 0 unspecified atom stereocenters. The molecule has 0 N–H and O–H groups in total. The van der Waals surface area contributed by atoms with Gasteiger partial charge in [0, 0.05) is 13.2 Å². The normalized spacial score (nSPS) is 12.0. The van der Waals surface area contributed by atoms with Crippen molar-refractivity contribution >= 4 is 11.9 Å². The molecule has 0 saturated heterocycles. The predicted octanol–water partition coefficient (Wildman–Crippen LogP) is 11.6. The maximum atomic E-state index is 13.5. The second-order valence-corrected chi connectivity index (χ2v) is 12.5. The molecule has 0 aliphatic carbocycles. The van der Waals surface area contributed by atoms with E-state index in [1.165, 1.54) is 82.1 Å². The maximum Gasteiger partial charge on any atom is 0.425 e. The Bertz CT molecular complexity index is 1370. The van der Waals surface area contributed by atoms with E-state index in [1.54, 1.807) is 12.1 Å². The highest BCUT2D eigenvalue weighted by molar-refractivity contribution is 5.92. The van der Waals surface area contributed by atoms with Crippen LogP contribution in [-0.2, 0) is 9.47 Å². The van der Waals surface area contributed by atoms with Crippen LogP contribution in [0.4, 0.5) is 13.2 Å². The number of hydrogen-bond donors (Lipinski definition) is 0. The highest BCUT2D eigenvalue weighted by atomic mass is 19.4. The number of benzene rings is 3. The van der Waals surface area contributed by atoms with Crippen LogP contribution in [0.25, 0.3) is 11.1 Å². The number of ether oxygens (including phenoxy) is 4. The van der Waals surface area contributed by atoms with Crippen LogP contribution in [0.3, 0.4) is 0 Å². The van der Waals surface area contributed by atoms with E-state index < -0.39 is 24.2 Å². The van der Waals surface area contributed by atoms with Crippen LogP contribution in [0, 0.1) is 0 Å². The van der Waals surface area contributed by atoms with Crippen LogP contribution in [0.5, 0.6) is 11.5 Å². The average molecular weight is 699 g/mol. The first-order valence-corrected chi connectivity index (χ1v) is 18.2. The van der Waals surface area contributed by atoms with Gasteiger partial charge in [-0.2, -0.15) is 13.2 Å². The van der Waals surface area contributed by atoms with Crippen LogP contribution >= 0.6 is 0 Å². The number of carbonyl (C=O) groups excluding carboxylic acids is 2. The van der Waals surface area contributed by atoms with Crippen LogP contribution in [0.2, 0.25) is 0 Å². The summed E-state index contributed by atoms with van der Waals surface area (Å²) in [5.41, 5.74) is 2.15. The lowest BCUT2D eigenvalue weighted by Gasteiger charge is -2.20. The van der Waals surface area contributed by atoms with Crippen molar-refractivity contribution in [3.05, 3.63) is 83.9 Å². The SMILES string of the molecule is CCCCCCCCCCCCOc1ccc(-c2ccc(C(=O)Oc3ccc(C(=O)O[C@H](CCCCCOCC)C(F)(F)F)cc3)cc2)cc1. The van der Waals surface area contributed by atoms with Gasteiger partial charge >= 0.3 is 18.1 Å². The van der Waals surface area contributed by atoms with E-state index >= 15 is 0 Å². The Morgan fingerprint density at radius 2 is 1.06 bits per heavy atom. The summed E-state index contributed by atoms with van der Waals surface area (Å²) in [6.45, 7) is 5.84. The van der Waals surface area contributed by atoms with Gasteiger partial charge in [0.2, 0.25) is 0 Å². The summed E-state index contributed by atoms with van der Waals surface area (Å²) in [5, 5.41) is 0. The van der Waals surface area contributed by atoms with Gasteiger partial charge < -0.3 is 18.9 Å². The molecule has 0 heterocycles. The summed E-state index contributed by atoms with van der Waals surface area (Å²) in [5.74, 6) is -0.730. The van der Waals surface area contributed by atoms with E-state index in [4.69, 9.17) is 18.9 Å². The van der Waals surface area contributed by atoms with E-state index in [0.29, 0.717) is 38.2 Å². The molecule has 6 nitrogen and oxygen atoms in total. The van der Waals surface area contributed by atoms with Crippen LogP contribution in [0.15, 0.2) is 72.8 Å². The van der Waals surface area contributed by atoms with Gasteiger partial charge in [-0.15, -0.1) is 0 Å². The second-order valence-electron chi connectivity index (χ2n) is 12.5. The molecule has 0 fully saturated rings. The van der Waals surface area contributed by atoms with Crippen molar-refractivity contribution < 1.29 is 41.7 Å². The highest BCUT2D eigenvalue weighted by Gasteiger charge is 2.42. The van der Waals surface area contributed by atoms with Gasteiger partial charge in [-0.25, -0.2) is 9.59 Å². The van der Waals surface area contributed by atoms with Crippen molar-refractivity contribution in [2.45, 2.75) is 116 Å². The molecule has 3 rings (SSSR count). The zero-order valence-electron chi connectivity index (χ0n) is 29.6. The molecule has 274 valence electrons. The lowest BCUT2D eigenvalue weighted by Crippen LogP contribution is -2.33. The monoisotopic (exact) mass is 698 g/mol. The third-order valence-corrected chi connectivity index (χ3v) is 8.45. The van der Waals surface area contributed by atoms with E-state index in [-0.39, 0.29) is 24.2 Å². The third-order valence-electron chi connectivity index (χ3n) is 8.45. The Hall–Kier alpha value is -3.85. The Morgan fingerprint density at radius 1 is 0.580 bits per heavy atom. The molecule has 9 heteroatoms. The molecule has 0 aliphatic rings. The fourth-order valence-corrected chi connectivity index (χ4v) is 5.49. The van der Waals surface area contributed by atoms with E-state index in [2.05, 4.69) is 6.92 Å². The minimum absolute atomic E-state index is 0.0741. The predicted molar refractivity (Wildman–Crippen MR) is 191 cm³/mol. The topological polar surface area (TPSA) is 71.1 Å². The molecule has 0 amide bonds. The first-order chi connectivity index (χ1) is 24.2. The van der Waals surface area contributed by atoms with Crippen LogP contribution in [0.1, 0.15) is 124 Å². The molecular formula is C41H53F3O6. The number of rotatable bonds is 24. The number of halogens is 3. The molecule has 0 saturated carbocycles. The molecule has 1 atom stereocenters. The zero-order chi connectivity index (χ0) is 36.0. The molecule has 3 aromatic rings. The molecule has 0 spiro atoms. The maximum absolute atomic E-state index is 13.5. The summed E-state index contributed by atoms with van der Waals surface area (Å²) in [6, 6.07) is 20.1. The number of hydrogen-bond acceptors (Lipinski definition) is 6. The Morgan fingerprint density at radius 3 is 1.64 bits per heavy atom. The van der Waals surface area contributed by atoms with Gasteiger partial charge in [-0.05, 0) is 92.3 Å². The van der Waals surface area contributed by atoms with Crippen molar-refractivity contribution in [1.29, 1.82) is 0 Å². The van der Waals surface area contributed by atoms with E-state index in [9.17, 15) is 22.8 Å². The quantitative estimate of drug-likeness (QED) is 0.0527. The fourth-order valence-electron chi connectivity index (χ4n) is 5.49. The Balaban J connectivity index is 1.40. The van der Waals surface area contributed by atoms with Crippen molar-refractivity contribution in [2.75, 3.05) is 19.8 Å². The van der Waals surface area contributed by atoms with Gasteiger partial charge in [0.25, 0.3) is 0 Å². The Kier molecular flexibility index (Phi) is 18.5. The van der Waals surface area contributed by atoms with Crippen molar-refractivity contribution in [3.63, 3.8) is 0 Å². The minimum Gasteiger partial charge on any atom is -0.494 e. The molecule has 0 aromatic heterocycles. The third kappa shape index (κ3) is 15.4. The van der Waals surface area contributed by atoms with E-state index in [0.717, 1.165) is 23.3 Å². The Labute approximate surface area is 295 Å². The second kappa shape index (κ2) is 22.8. The largest absolute Gasteiger partial charge is 0.494 e. The molecular weight excluding hydrogens is 645 g/mol. The zero-order valence-corrected chi connectivity index (χ0v) is 29.6. The lowest BCUT2D eigenvalue weighted by atomic mass is 10.0. The molecule has 0 aliphatic heterocycles. The molecule has 50 heavy (non-hydrogen) atoms. The minimum atomic E-state index is -4.68. The first-order valence-electron chi connectivity index (χ1n) is 18.2. The van der Waals surface area contributed by atoms with Gasteiger partial charge in [-0.3, -0.25) is 0 Å². The van der Waals surface area contributed by atoms with Crippen molar-refractivity contribution in [1.82, 2.24) is 0 Å². The first kappa shape index (κ1) is 40.6. The summed E-state index contributed by atoms with van der Waals surface area (Å²) >= 11 is 0. The number of alkyl halides is 3. The summed E-state index contributed by atoms with van der Waals surface area (Å²) in [4.78, 5) is 25.2. The molecule has 0 bridgehead atoms. The average Bonchev–Trinajstić information content (AvgIpc) is 3.11. The van der Waals surface area contributed by atoms with Gasteiger partial charge in [0.1, 0.15) is 11.5 Å². The summed E-state index contributed by atoms with van der Waals surface area (Å²) < 4.78 is 61.8. The summed E-state index contributed by atoms with van der Waals surface area (Å²) in [7, 11) is 0. The van der Waals surface area contributed by atoms with Gasteiger partial charge in [0.15, 0.2) is 6.10 Å². The van der Waals surface area contributed by atoms with Crippen molar-refractivity contribution in [3.8, 4) is 22.6 Å². The highest BCUT2D eigenvalue weighted by Crippen LogP contribution is 2.29. The van der Waals surface area contributed by atoms with Crippen LogP contribution in [-0.4, -0.2) is 44.0 Å². The number of esters is 2. The smallest absolute Gasteiger partial charge is 0.425 e. The summed E-state index contributed by atoms with van der Waals surface area (Å²) in [6.07, 6.45) is 7.07. The number of carbonyl (C=O) groups is 2. The fraction of sp³-hybridized carbons (Fsp3) is 0.512. The van der Waals surface area contributed by atoms with Crippen LogP contribution < -0.4 is 9.47 Å². The van der Waals surface area contributed by atoms with E-state index in [1.807, 2.05) is 43.3 Å². The van der Waals surface area contributed by atoms with Gasteiger partial charge in [-0.1, -0.05) is 95.4 Å². The lowest BCUT2D eigenvalue weighted by molar-refractivity contribution is -0.206. The molecule has 3 aromatic carbocycles.